The van der Waals surface area contributed by atoms with Crippen molar-refractivity contribution in [1.82, 2.24) is 15.0 Å². The molecule has 0 atom stereocenters. The number of benzene rings is 1. The first kappa shape index (κ1) is 7.98. The van der Waals surface area contributed by atoms with Crippen LogP contribution in [0.1, 0.15) is 11.3 Å². The number of hydrogen-bond acceptors (Lipinski definition) is 2. The van der Waals surface area contributed by atoms with Gasteiger partial charge in [0, 0.05) is 6.20 Å². The van der Waals surface area contributed by atoms with Crippen molar-refractivity contribution in [3.8, 4) is 0 Å². The summed E-state index contributed by atoms with van der Waals surface area (Å²) in [5.74, 6) is 0. The summed E-state index contributed by atoms with van der Waals surface area (Å²) in [6, 6.07) is 10.2. The Hall–Kier alpha value is -1.64. The first-order valence-corrected chi connectivity index (χ1v) is 4.25. The molecule has 2 rings (SSSR count). The van der Waals surface area contributed by atoms with Crippen molar-refractivity contribution in [2.45, 2.75) is 13.5 Å². The molecule has 0 spiro atoms. The molecule has 0 unspecified atom stereocenters. The fraction of sp³-hybridized carbons (Fsp3) is 0.200. The summed E-state index contributed by atoms with van der Waals surface area (Å²) in [6.07, 6.45) is 1.94. The van der Waals surface area contributed by atoms with E-state index in [-0.39, 0.29) is 0 Å². The van der Waals surface area contributed by atoms with E-state index in [0.717, 1.165) is 12.2 Å². The Kier molecular flexibility index (Phi) is 2.08. The van der Waals surface area contributed by atoms with E-state index in [1.165, 1.54) is 5.56 Å². The van der Waals surface area contributed by atoms with Crippen LogP contribution in [0.3, 0.4) is 0 Å². The molecule has 0 aliphatic heterocycles. The highest BCUT2D eigenvalue weighted by molar-refractivity contribution is 5.14. The van der Waals surface area contributed by atoms with Crippen LogP contribution < -0.4 is 0 Å². The maximum absolute atomic E-state index is 3.98. The average Bonchev–Trinajstić information content (AvgIpc) is 2.53. The van der Waals surface area contributed by atoms with Gasteiger partial charge in [0.05, 0.1) is 12.2 Å². The second kappa shape index (κ2) is 3.39. The van der Waals surface area contributed by atoms with E-state index < -0.39 is 0 Å². The van der Waals surface area contributed by atoms with Gasteiger partial charge < -0.3 is 0 Å². The van der Waals surface area contributed by atoms with Gasteiger partial charge in [0.25, 0.3) is 0 Å². The van der Waals surface area contributed by atoms with Gasteiger partial charge >= 0.3 is 0 Å². The van der Waals surface area contributed by atoms with Gasteiger partial charge in [0.1, 0.15) is 0 Å². The van der Waals surface area contributed by atoms with E-state index in [1.807, 2.05) is 36.0 Å². The van der Waals surface area contributed by atoms with Crippen LogP contribution in [0, 0.1) is 6.92 Å². The van der Waals surface area contributed by atoms with Gasteiger partial charge in [0.2, 0.25) is 0 Å². The Bertz CT molecular complexity index is 378. The summed E-state index contributed by atoms with van der Waals surface area (Å²) in [7, 11) is 0. The first-order chi connectivity index (χ1) is 6.34. The molecule has 2 aromatic rings. The van der Waals surface area contributed by atoms with E-state index in [0.29, 0.717) is 0 Å². The topological polar surface area (TPSA) is 30.7 Å². The van der Waals surface area contributed by atoms with Crippen molar-refractivity contribution in [1.29, 1.82) is 0 Å². The molecule has 0 radical (unpaired) electrons. The minimum atomic E-state index is 0.793. The molecule has 0 fully saturated rings. The molecule has 3 nitrogen and oxygen atoms in total. The molecule has 1 aromatic heterocycles. The van der Waals surface area contributed by atoms with Gasteiger partial charge in [-0.15, -0.1) is 5.10 Å². The third-order valence-electron chi connectivity index (χ3n) is 1.84. The maximum atomic E-state index is 3.98. The minimum Gasteiger partial charge on any atom is -0.248 e. The normalized spacial score (nSPS) is 10.2. The van der Waals surface area contributed by atoms with E-state index >= 15 is 0 Å². The van der Waals surface area contributed by atoms with Crippen molar-refractivity contribution in [2.75, 3.05) is 0 Å². The number of rotatable bonds is 2. The Labute approximate surface area is 77.0 Å². The van der Waals surface area contributed by atoms with Crippen molar-refractivity contribution in [3.63, 3.8) is 0 Å². The lowest BCUT2D eigenvalue weighted by Crippen LogP contribution is -1.99. The standard InChI is InChI=1S/C10H11N3/c1-9-7-13(12-11-9)8-10-5-3-2-4-6-10/h2-7H,8H2,1H3. The fourth-order valence-corrected chi connectivity index (χ4v) is 1.24. The zero-order valence-corrected chi connectivity index (χ0v) is 7.51. The summed E-state index contributed by atoms with van der Waals surface area (Å²) >= 11 is 0. The third-order valence-corrected chi connectivity index (χ3v) is 1.84. The second-order valence-corrected chi connectivity index (χ2v) is 3.04. The molecule has 13 heavy (non-hydrogen) atoms. The first-order valence-electron chi connectivity index (χ1n) is 4.25. The molecule has 0 saturated carbocycles. The number of aryl methyl sites for hydroxylation is 1. The molecule has 0 aliphatic rings. The summed E-state index contributed by atoms with van der Waals surface area (Å²) in [4.78, 5) is 0. The van der Waals surface area contributed by atoms with Crippen LogP contribution >= 0.6 is 0 Å². The Morgan fingerprint density at radius 2 is 2.00 bits per heavy atom. The summed E-state index contributed by atoms with van der Waals surface area (Å²) in [6.45, 7) is 2.73. The van der Waals surface area contributed by atoms with Crippen LogP contribution in [-0.4, -0.2) is 15.0 Å². The minimum absolute atomic E-state index is 0.793. The fourth-order valence-electron chi connectivity index (χ4n) is 1.24. The van der Waals surface area contributed by atoms with Gasteiger partial charge in [-0.25, -0.2) is 4.68 Å². The highest BCUT2D eigenvalue weighted by atomic mass is 15.4. The highest BCUT2D eigenvalue weighted by Crippen LogP contribution is 2.01. The molecule has 0 N–H and O–H groups in total. The predicted molar refractivity (Wildman–Crippen MR) is 50.3 cm³/mol. The zero-order valence-electron chi connectivity index (χ0n) is 7.51. The third kappa shape index (κ3) is 1.93. The van der Waals surface area contributed by atoms with E-state index in [1.54, 1.807) is 0 Å². The zero-order chi connectivity index (χ0) is 9.10. The lowest BCUT2D eigenvalue weighted by Gasteiger charge is -1.98. The van der Waals surface area contributed by atoms with Crippen LogP contribution in [0.15, 0.2) is 36.5 Å². The van der Waals surface area contributed by atoms with Crippen LogP contribution in [-0.2, 0) is 6.54 Å². The van der Waals surface area contributed by atoms with Gasteiger partial charge in [-0.3, -0.25) is 0 Å². The SMILES string of the molecule is Cc1cn(Cc2ccccc2)nn1. The van der Waals surface area contributed by atoms with Crippen LogP contribution in [0.2, 0.25) is 0 Å². The van der Waals surface area contributed by atoms with Crippen LogP contribution in [0.25, 0.3) is 0 Å². The highest BCUT2D eigenvalue weighted by Gasteiger charge is 1.95. The number of nitrogens with zero attached hydrogens (tertiary/aromatic N) is 3. The number of hydrogen-bond donors (Lipinski definition) is 0. The molecule has 1 heterocycles. The van der Waals surface area contributed by atoms with E-state index in [9.17, 15) is 0 Å². The molecule has 66 valence electrons. The summed E-state index contributed by atoms with van der Waals surface area (Å²) in [5, 5.41) is 7.90. The largest absolute Gasteiger partial charge is 0.248 e. The summed E-state index contributed by atoms with van der Waals surface area (Å²) < 4.78 is 1.84. The quantitative estimate of drug-likeness (QED) is 0.691. The monoisotopic (exact) mass is 173 g/mol. The molecule has 1 aromatic carbocycles. The van der Waals surface area contributed by atoms with Gasteiger partial charge in [0.15, 0.2) is 0 Å². The second-order valence-electron chi connectivity index (χ2n) is 3.04. The van der Waals surface area contributed by atoms with Gasteiger partial charge in [-0.05, 0) is 12.5 Å². The van der Waals surface area contributed by atoms with Crippen molar-refractivity contribution in [2.24, 2.45) is 0 Å². The van der Waals surface area contributed by atoms with E-state index in [4.69, 9.17) is 0 Å². The van der Waals surface area contributed by atoms with E-state index in [2.05, 4.69) is 22.4 Å². The Balaban J connectivity index is 2.15. The molecule has 3 heteroatoms. The maximum Gasteiger partial charge on any atom is 0.0796 e. The molecule has 0 bridgehead atoms. The van der Waals surface area contributed by atoms with Gasteiger partial charge in [-0.2, -0.15) is 0 Å². The lowest BCUT2D eigenvalue weighted by molar-refractivity contribution is 0.649. The number of aromatic nitrogens is 3. The Morgan fingerprint density at radius 3 is 2.62 bits per heavy atom. The smallest absolute Gasteiger partial charge is 0.0796 e. The predicted octanol–water partition coefficient (Wildman–Crippen LogP) is 1.63. The lowest BCUT2D eigenvalue weighted by atomic mass is 10.2. The molecule has 0 aliphatic carbocycles. The van der Waals surface area contributed by atoms with Crippen molar-refractivity contribution in [3.05, 3.63) is 47.8 Å². The molecule has 0 saturated heterocycles. The van der Waals surface area contributed by atoms with Crippen molar-refractivity contribution < 1.29 is 0 Å². The van der Waals surface area contributed by atoms with Crippen molar-refractivity contribution >= 4 is 0 Å². The molecular formula is C10H11N3. The van der Waals surface area contributed by atoms with Gasteiger partial charge in [-0.1, -0.05) is 35.5 Å². The van der Waals surface area contributed by atoms with Crippen LogP contribution in [0.4, 0.5) is 0 Å². The average molecular weight is 173 g/mol. The molecule has 0 amide bonds. The summed E-state index contributed by atoms with van der Waals surface area (Å²) in [5.41, 5.74) is 2.20. The molecular weight excluding hydrogens is 162 g/mol. The van der Waals surface area contributed by atoms with Crippen LogP contribution in [0.5, 0.6) is 0 Å². The Morgan fingerprint density at radius 1 is 1.23 bits per heavy atom.